The van der Waals surface area contributed by atoms with Crippen LogP contribution in [0.15, 0.2) is 45.6 Å². The van der Waals surface area contributed by atoms with Gasteiger partial charge in [0.05, 0.1) is 32.2 Å². The van der Waals surface area contributed by atoms with Crippen molar-refractivity contribution < 1.29 is 18.6 Å². The predicted octanol–water partition coefficient (Wildman–Crippen LogP) is 3.38. The Hall–Kier alpha value is -3.28. The molecule has 128 valence electrons. The number of fused-ring (bicyclic) bond motifs is 1. The molecule has 0 N–H and O–H groups in total. The molecule has 0 aliphatic carbocycles. The molecule has 0 unspecified atom stereocenters. The number of nitrogens with zero attached hydrogens (tertiary/aromatic N) is 1. The second-order valence-electron chi connectivity index (χ2n) is 5.14. The maximum absolute atomic E-state index is 12.0. The van der Waals surface area contributed by atoms with Crippen LogP contribution in [0.4, 0.5) is 0 Å². The van der Waals surface area contributed by atoms with Crippen molar-refractivity contribution in [1.82, 2.24) is 4.98 Å². The summed E-state index contributed by atoms with van der Waals surface area (Å²) in [7, 11) is 4.68. The third-order valence-electron chi connectivity index (χ3n) is 3.69. The first-order chi connectivity index (χ1) is 12.2. The molecule has 2 aromatic carbocycles. The van der Waals surface area contributed by atoms with Crippen LogP contribution in [0.1, 0.15) is 11.5 Å². The summed E-state index contributed by atoms with van der Waals surface area (Å²) in [5, 5.41) is 0.448. The lowest BCUT2D eigenvalue weighted by atomic mass is 10.1. The number of rotatable bonds is 5. The molecule has 1 aromatic heterocycles. The number of aromatic nitrogens is 1. The van der Waals surface area contributed by atoms with Gasteiger partial charge in [0.15, 0.2) is 11.5 Å². The van der Waals surface area contributed by atoms with Crippen LogP contribution in [-0.4, -0.2) is 26.3 Å². The topological polar surface area (TPSA) is 70.8 Å². The first-order valence-corrected chi connectivity index (χ1v) is 7.54. The first-order valence-electron chi connectivity index (χ1n) is 7.54. The monoisotopic (exact) mass is 339 g/mol. The average molecular weight is 339 g/mol. The molecule has 0 radical (unpaired) electrons. The first kappa shape index (κ1) is 16.6. The summed E-state index contributed by atoms with van der Waals surface area (Å²) in [6.07, 6.45) is 3.35. The van der Waals surface area contributed by atoms with E-state index < -0.39 is 5.63 Å². The molecule has 0 amide bonds. The van der Waals surface area contributed by atoms with Crippen molar-refractivity contribution >= 4 is 23.1 Å². The normalized spacial score (nSPS) is 11.0. The van der Waals surface area contributed by atoms with E-state index in [0.717, 1.165) is 5.56 Å². The summed E-state index contributed by atoms with van der Waals surface area (Å²) in [4.78, 5) is 16.3. The second kappa shape index (κ2) is 7.09. The lowest BCUT2D eigenvalue weighted by Crippen LogP contribution is -2.02. The highest BCUT2D eigenvalue weighted by Crippen LogP contribution is 2.35. The van der Waals surface area contributed by atoms with Crippen molar-refractivity contribution in [2.45, 2.75) is 0 Å². The molecule has 0 saturated carbocycles. The highest BCUT2D eigenvalue weighted by molar-refractivity contribution is 5.78. The smallest absolute Gasteiger partial charge is 0.347 e. The Kier molecular flexibility index (Phi) is 4.70. The summed E-state index contributed by atoms with van der Waals surface area (Å²) in [6, 6.07) is 10.5. The molecule has 6 heteroatoms. The number of methoxy groups -OCH3 is 3. The van der Waals surface area contributed by atoms with Crippen molar-refractivity contribution in [3.05, 3.63) is 58.3 Å². The van der Waals surface area contributed by atoms with Gasteiger partial charge in [0.1, 0.15) is 5.75 Å². The highest BCUT2D eigenvalue weighted by Gasteiger charge is 2.10. The molecule has 0 spiro atoms. The Balaban J connectivity index is 2.03. The standard InChI is InChI=1S/C19H17NO5/c1-22-15-11-17(24-3)16(23-2)10-12(15)8-9-18-20-14-7-5-4-6-13(14)19(21)25-18/h4-11H,1-3H3. The van der Waals surface area contributed by atoms with Gasteiger partial charge >= 0.3 is 5.63 Å². The zero-order valence-electron chi connectivity index (χ0n) is 14.1. The van der Waals surface area contributed by atoms with E-state index in [1.165, 1.54) is 0 Å². The van der Waals surface area contributed by atoms with Crippen LogP contribution in [-0.2, 0) is 0 Å². The number of ether oxygens (including phenoxy) is 3. The quantitative estimate of drug-likeness (QED) is 0.710. The lowest BCUT2D eigenvalue weighted by molar-refractivity contribution is 0.348. The fraction of sp³-hybridized carbons (Fsp3) is 0.158. The Morgan fingerprint density at radius 1 is 0.920 bits per heavy atom. The second-order valence-corrected chi connectivity index (χ2v) is 5.14. The van der Waals surface area contributed by atoms with E-state index in [1.54, 1.807) is 63.8 Å². The van der Waals surface area contributed by atoms with Crippen LogP contribution >= 0.6 is 0 Å². The highest BCUT2D eigenvalue weighted by atomic mass is 16.5. The number of hydrogen-bond acceptors (Lipinski definition) is 6. The molecule has 25 heavy (non-hydrogen) atoms. The molecular weight excluding hydrogens is 322 g/mol. The van der Waals surface area contributed by atoms with E-state index in [9.17, 15) is 4.79 Å². The van der Waals surface area contributed by atoms with E-state index in [1.807, 2.05) is 6.07 Å². The SMILES string of the molecule is COc1cc(OC)c(OC)cc1C=Cc1nc2ccccc2c(=O)o1. The minimum atomic E-state index is -0.426. The van der Waals surface area contributed by atoms with Gasteiger partial charge in [-0.15, -0.1) is 0 Å². The van der Waals surface area contributed by atoms with Crippen LogP contribution in [0.2, 0.25) is 0 Å². The molecule has 0 fully saturated rings. The van der Waals surface area contributed by atoms with Gasteiger partial charge in [-0.2, -0.15) is 0 Å². The summed E-state index contributed by atoms with van der Waals surface area (Å²) in [5.41, 5.74) is 0.889. The average Bonchev–Trinajstić information content (AvgIpc) is 2.65. The van der Waals surface area contributed by atoms with Crippen LogP contribution in [0.5, 0.6) is 17.2 Å². The van der Waals surface area contributed by atoms with Crippen LogP contribution in [0.3, 0.4) is 0 Å². The van der Waals surface area contributed by atoms with Crippen molar-refractivity contribution in [2.24, 2.45) is 0 Å². The van der Waals surface area contributed by atoms with E-state index in [0.29, 0.717) is 28.2 Å². The zero-order valence-corrected chi connectivity index (χ0v) is 14.1. The van der Waals surface area contributed by atoms with Gasteiger partial charge in [0.2, 0.25) is 5.89 Å². The molecule has 0 aliphatic heterocycles. The minimum Gasteiger partial charge on any atom is -0.496 e. The largest absolute Gasteiger partial charge is 0.496 e. The van der Waals surface area contributed by atoms with Crippen molar-refractivity contribution in [3.8, 4) is 17.2 Å². The maximum Gasteiger partial charge on any atom is 0.347 e. The van der Waals surface area contributed by atoms with Crippen LogP contribution in [0, 0.1) is 0 Å². The molecule has 6 nitrogen and oxygen atoms in total. The van der Waals surface area contributed by atoms with Crippen LogP contribution < -0.4 is 19.8 Å². The molecule has 3 aromatic rings. The fourth-order valence-electron chi connectivity index (χ4n) is 2.45. The Morgan fingerprint density at radius 3 is 2.32 bits per heavy atom. The van der Waals surface area contributed by atoms with E-state index in [4.69, 9.17) is 18.6 Å². The van der Waals surface area contributed by atoms with E-state index in [2.05, 4.69) is 4.98 Å². The summed E-state index contributed by atoms with van der Waals surface area (Å²) < 4.78 is 21.2. The van der Waals surface area contributed by atoms with Gasteiger partial charge in [-0.05, 0) is 24.3 Å². The molecular formula is C19H17NO5. The van der Waals surface area contributed by atoms with Gasteiger partial charge in [0, 0.05) is 17.7 Å². The Labute approximate surface area is 144 Å². The van der Waals surface area contributed by atoms with Crippen molar-refractivity contribution in [3.63, 3.8) is 0 Å². The Morgan fingerprint density at radius 2 is 1.60 bits per heavy atom. The molecule has 0 saturated heterocycles. The number of benzene rings is 2. The molecule has 0 aliphatic rings. The van der Waals surface area contributed by atoms with E-state index in [-0.39, 0.29) is 5.89 Å². The fourth-order valence-corrected chi connectivity index (χ4v) is 2.45. The van der Waals surface area contributed by atoms with Crippen molar-refractivity contribution in [2.75, 3.05) is 21.3 Å². The third-order valence-corrected chi connectivity index (χ3v) is 3.69. The summed E-state index contributed by atoms with van der Waals surface area (Å²) >= 11 is 0. The van der Waals surface area contributed by atoms with Gasteiger partial charge in [-0.1, -0.05) is 12.1 Å². The number of hydrogen-bond donors (Lipinski definition) is 0. The Bertz CT molecular complexity index is 991. The summed E-state index contributed by atoms with van der Waals surface area (Å²) in [6.45, 7) is 0. The molecule has 0 atom stereocenters. The molecule has 0 bridgehead atoms. The molecule has 3 rings (SSSR count). The van der Waals surface area contributed by atoms with Gasteiger partial charge in [-0.3, -0.25) is 0 Å². The minimum absolute atomic E-state index is 0.209. The van der Waals surface area contributed by atoms with Gasteiger partial charge in [-0.25, -0.2) is 9.78 Å². The van der Waals surface area contributed by atoms with Gasteiger partial charge < -0.3 is 18.6 Å². The van der Waals surface area contributed by atoms with Crippen molar-refractivity contribution in [1.29, 1.82) is 0 Å². The van der Waals surface area contributed by atoms with Crippen LogP contribution in [0.25, 0.3) is 23.1 Å². The van der Waals surface area contributed by atoms with E-state index >= 15 is 0 Å². The summed E-state index contributed by atoms with van der Waals surface area (Å²) in [5.74, 6) is 1.93. The number of para-hydroxylation sites is 1. The molecule has 1 heterocycles. The lowest BCUT2D eigenvalue weighted by Gasteiger charge is -2.12. The maximum atomic E-state index is 12.0. The zero-order chi connectivity index (χ0) is 17.8. The van der Waals surface area contributed by atoms with Gasteiger partial charge in [0.25, 0.3) is 0 Å². The predicted molar refractivity (Wildman–Crippen MR) is 95.3 cm³/mol. The third kappa shape index (κ3) is 3.33.